The number of benzene rings is 1. The van der Waals surface area contributed by atoms with Crippen molar-refractivity contribution in [3.05, 3.63) is 34.9 Å². The van der Waals surface area contributed by atoms with Crippen LogP contribution < -0.4 is 0 Å². The van der Waals surface area contributed by atoms with Gasteiger partial charge in [-0.2, -0.15) is 0 Å². The van der Waals surface area contributed by atoms with Crippen molar-refractivity contribution in [1.29, 1.82) is 0 Å². The summed E-state index contributed by atoms with van der Waals surface area (Å²) >= 11 is 0. The molecule has 1 aromatic carbocycles. The van der Waals surface area contributed by atoms with E-state index >= 15 is 0 Å². The molecular formula is C12H16O2. The molecule has 0 heterocycles. The molecule has 0 fully saturated rings. The molecule has 2 nitrogen and oxygen atoms in total. The van der Waals surface area contributed by atoms with Gasteiger partial charge in [-0.05, 0) is 32.4 Å². The molecular weight excluding hydrogens is 176 g/mol. The summed E-state index contributed by atoms with van der Waals surface area (Å²) < 4.78 is 5.05. The van der Waals surface area contributed by atoms with Gasteiger partial charge in [-0.3, -0.25) is 0 Å². The second-order valence-corrected chi connectivity index (χ2v) is 3.51. The highest BCUT2D eigenvalue weighted by Gasteiger charge is 2.06. The smallest absolute Gasteiger partial charge is 0.338 e. The summed E-state index contributed by atoms with van der Waals surface area (Å²) in [7, 11) is 0. The second-order valence-electron chi connectivity index (χ2n) is 3.51. The Morgan fingerprint density at radius 3 is 2.29 bits per heavy atom. The van der Waals surface area contributed by atoms with Crippen LogP contribution in [0.4, 0.5) is 0 Å². The van der Waals surface area contributed by atoms with E-state index in [0.717, 1.165) is 17.5 Å². The molecule has 0 unspecified atom stereocenters. The van der Waals surface area contributed by atoms with Gasteiger partial charge < -0.3 is 4.74 Å². The summed E-state index contributed by atoms with van der Waals surface area (Å²) in [5.41, 5.74) is 2.83. The lowest BCUT2D eigenvalue weighted by Crippen LogP contribution is -2.06. The number of carbonyl (C=O) groups is 1. The van der Waals surface area contributed by atoms with Gasteiger partial charge >= 0.3 is 5.97 Å². The lowest BCUT2D eigenvalue weighted by atomic mass is 10.1. The van der Waals surface area contributed by atoms with E-state index in [9.17, 15) is 4.79 Å². The molecule has 1 aromatic rings. The predicted molar refractivity (Wildman–Crippen MR) is 56.5 cm³/mol. The number of carbonyl (C=O) groups excluding carboxylic acids is 1. The van der Waals surface area contributed by atoms with E-state index in [1.165, 1.54) is 0 Å². The fraction of sp³-hybridized carbons (Fsp3) is 0.417. The maximum absolute atomic E-state index is 11.5. The number of ether oxygens (including phenoxy) is 1. The first-order valence-corrected chi connectivity index (χ1v) is 4.89. The quantitative estimate of drug-likeness (QED) is 0.688. The van der Waals surface area contributed by atoms with Gasteiger partial charge in [0.15, 0.2) is 0 Å². The minimum atomic E-state index is -0.223. The van der Waals surface area contributed by atoms with Crippen molar-refractivity contribution < 1.29 is 9.53 Å². The van der Waals surface area contributed by atoms with Crippen molar-refractivity contribution in [2.75, 3.05) is 6.61 Å². The normalized spacial score (nSPS) is 9.93. The molecule has 0 aliphatic rings. The summed E-state index contributed by atoms with van der Waals surface area (Å²) in [5, 5.41) is 0. The molecule has 2 heteroatoms. The Morgan fingerprint density at radius 1 is 1.21 bits per heavy atom. The van der Waals surface area contributed by atoms with E-state index in [1.807, 2.05) is 39.0 Å². The molecule has 0 atom stereocenters. The molecule has 0 radical (unpaired) electrons. The fourth-order valence-corrected chi connectivity index (χ4v) is 1.37. The van der Waals surface area contributed by atoms with Crippen molar-refractivity contribution in [3.63, 3.8) is 0 Å². The zero-order chi connectivity index (χ0) is 10.6. The lowest BCUT2D eigenvalue weighted by Gasteiger charge is -2.05. The molecule has 14 heavy (non-hydrogen) atoms. The molecule has 0 aliphatic carbocycles. The summed E-state index contributed by atoms with van der Waals surface area (Å²) in [5.74, 6) is -0.223. The van der Waals surface area contributed by atoms with E-state index in [1.54, 1.807) is 0 Å². The van der Waals surface area contributed by atoms with Crippen LogP contribution >= 0.6 is 0 Å². The Kier molecular flexibility index (Phi) is 3.69. The maximum atomic E-state index is 11.5. The third-order valence-corrected chi connectivity index (χ3v) is 1.89. The number of esters is 1. The minimum Gasteiger partial charge on any atom is -0.462 e. The van der Waals surface area contributed by atoms with Gasteiger partial charge in [0, 0.05) is 0 Å². The predicted octanol–water partition coefficient (Wildman–Crippen LogP) is 2.87. The Morgan fingerprint density at radius 2 is 1.79 bits per heavy atom. The Balaban J connectivity index is 2.79. The molecule has 0 aliphatic heterocycles. The van der Waals surface area contributed by atoms with Gasteiger partial charge in [0.1, 0.15) is 0 Å². The van der Waals surface area contributed by atoms with Crippen molar-refractivity contribution in [3.8, 4) is 0 Å². The van der Waals surface area contributed by atoms with E-state index < -0.39 is 0 Å². The average molecular weight is 192 g/mol. The Bertz CT molecular complexity index is 309. The highest BCUT2D eigenvalue weighted by Crippen LogP contribution is 2.10. The van der Waals surface area contributed by atoms with Crippen LogP contribution in [0, 0.1) is 13.8 Å². The van der Waals surface area contributed by atoms with Crippen LogP contribution in [-0.2, 0) is 4.74 Å². The Labute approximate surface area is 84.9 Å². The first kappa shape index (κ1) is 10.8. The molecule has 0 amide bonds. The van der Waals surface area contributed by atoms with Crippen LogP contribution in [0.15, 0.2) is 18.2 Å². The molecule has 76 valence electrons. The minimum absolute atomic E-state index is 0.223. The van der Waals surface area contributed by atoms with Crippen LogP contribution in [0.5, 0.6) is 0 Å². The van der Waals surface area contributed by atoms with Gasteiger partial charge in [-0.15, -0.1) is 0 Å². The molecule has 0 spiro atoms. The van der Waals surface area contributed by atoms with Crippen LogP contribution in [0.25, 0.3) is 0 Å². The summed E-state index contributed by atoms with van der Waals surface area (Å²) in [6.07, 6.45) is 0.858. The van der Waals surface area contributed by atoms with Crippen molar-refractivity contribution in [2.24, 2.45) is 0 Å². The zero-order valence-corrected chi connectivity index (χ0v) is 8.96. The van der Waals surface area contributed by atoms with Crippen molar-refractivity contribution in [1.82, 2.24) is 0 Å². The van der Waals surface area contributed by atoms with Gasteiger partial charge in [0.2, 0.25) is 0 Å². The third kappa shape index (κ3) is 2.87. The summed E-state index contributed by atoms with van der Waals surface area (Å²) in [6.45, 7) is 6.42. The molecule has 0 saturated heterocycles. The highest BCUT2D eigenvalue weighted by molar-refractivity contribution is 5.89. The average Bonchev–Trinajstić information content (AvgIpc) is 2.12. The molecule has 1 rings (SSSR count). The lowest BCUT2D eigenvalue weighted by molar-refractivity contribution is 0.0505. The number of rotatable bonds is 3. The van der Waals surface area contributed by atoms with E-state index in [4.69, 9.17) is 4.74 Å². The van der Waals surface area contributed by atoms with Crippen LogP contribution in [0.1, 0.15) is 34.8 Å². The van der Waals surface area contributed by atoms with Crippen LogP contribution in [0.3, 0.4) is 0 Å². The van der Waals surface area contributed by atoms with Gasteiger partial charge in [-0.1, -0.05) is 24.1 Å². The van der Waals surface area contributed by atoms with E-state index in [0.29, 0.717) is 12.2 Å². The van der Waals surface area contributed by atoms with Crippen LogP contribution in [0.2, 0.25) is 0 Å². The van der Waals surface area contributed by atoms with Gasteiger partial charge in [0.25, 0.3) is 0 Å². The third-order valence-electron chi connectivity index (χ3n) is 1.89. The first-order valence-electron chi connectivity index (χ1n) is 4.89. The maximum Gasteiger partial charge on any atom is 0.338 e. The van der Waals surface area contributed by atoms with E-state index in [-0.39, 0.29) is 5.97 Å². The van der Waals surface area contributed by atoms with Crippen molar-refractivity contribution in [2.45, 2.75) is 27.2 Å². The molecule has 0 aromatic heterocycles. The standard InChI is InChI=1S/C12H16O2/c1-4-5-14-12(13)11-7-9(2)6-10(3)8-11/h6-8H,4-5H2,1-3H3. The van der Waals surface area contributed by atoms with Gasteiger partial charge in [0.05, 0.1) is 12.2 Å². The van der Waals surface area contributed by atoms with Crippen LogP contribution in [-0.4, -0.2) is 12.6 Å². The second kappa shape index (κ2) is 4.80. The van der Waals surface area contributed by atoms with Gasteiger partial charge in [-0.25, -0.2) is 4.79 Å². The topological polar surface area (TPSA) is 26.3 Å². The SMILES string of the molecule is CCCOC(=O)c1cc(C)cc(C)c1. The largest absolute Gasteiger partial charge is 0.462 e. The Hall–Kier alpha value is -1.31. The number of aryl methyl sites for hydroxylation is 2. The first-order chi connectivity index (χ1) is 6.63. The van der Waals surface area contributed by atoms with Crippen molar-refractivity contribution >= 4 is 5.97 Å². The molecule has 0 bridgehead atoms. The number of hydrogen-bond donors (Lipinski definition) is 0. The summed E-state index contributed by atoms with van der Waals surface area (Å²) in [6, 6.07) is 5.74. The highest BCUT2D eigenvalue weighted by atomic mass is 16.5. The molecule has 0 N–H and O–H groups in total. The van der Waals surface area contributed by atoms with E-state index in [2.05, 4.69) is 0 Å². The number of hydrogen-bond acceptors (Lipinski definition) is 2. The zero-order valence-electron chi connectivity index (χ0n) is 8.96. The monoisotopic (exact) mass is 192 g/mol. The molecule has 0 saturated carbocycles. The summed E-state index contributed by atoms with van der Waals surface area (Å²) in [4.78, 5) is 11.5. The fourth-order valence-electron chi connectivity index (χ4n) is 1.37.